The zero-order valence-electron chi connectivity index (χ0n) is 19.2. The maximum absolute atomic E-state index is 12.9. The van der Waals surface area contributed by atoms with Gasteiger partial charge in [-0.3, -0.25) is 25.2 Å². The lowest BCUT2D eigenvalue weighted by Gasteiger charge is -2.15. The monoisotopic (exact) mass is 463 g/mol. The van der Waals surface area contributed by atoms with Crippen molar-refractivity contribution in [3.63, 3.8) is 0 Å². The van der Waals surface area contributed by atoms with Crippen LogP contribution >= 0.6 is 0 Å². The third kappa shape index (κ3) is 5.44. The summed E-state index contributed by atoms with van der Waals surface area (Å²) in [6.45, 7) is 1.91. The number of methoxy groups -OCH3 is 3. The third-order valence-corrected chi connectivity index (χ3v) is 4.95. The Hall–Kier alpha value is -4.53. The number of rotatable bonds is 7. The molecule has 0 atom stereocenters. The fraction of sp³-hybridized carbons (Fsp3) is 0.160. The summed E-state index contributed by atoms with van der Waals surface area (Å²) in [5.74, 6) is -0.573. The van der Waals surface area contributed by atoms with Crippen LogP contribution in [-0.2, 0) is 0 Å². The molecule has 0 heterocycles. The van der Waals surface area contributed by atoms with E-state index in [0.717, 1.165) is 5.56 Å². The molecule has 0 aliphatic carbocycles. The predicted molar refractivity (Wildman–Crippen MR) is 127 cm³/mol. The van der Waals surface area contributed by atoms with Crippen LogP contribution in [0.4, 0.5) is 5.69 Å². The van der Waals surface area contributed by atoms with Gasteiger partial charge in [0.2, 0.25) is 5.75 Å². The highest BCUT2D eigenvalue weighted by atomic mass is 16.5. The first kappa shape index (κ1) is 24.1. The van der Waals surface area contributed by atoms with Crippen molar-refractivity contribution in [1.82, 2.24) is 10.9 Å². The van der Waals surface area contributed by atoms with Crippen LogP contribution in [-0.4, -0.2) is 39.1 Å². The number of para-hydroxylation sites is 1. The van der Waals surface area contributed by atoms with Crippen molar-refractivity contribution in [3.8, 4) is 17.2 Å². The van der Waals surface area contributed by atoms with Gasteiger partial charge in [0.25, 0.3) is 17.7 Å². The fourth-order valence-corrected chi connectivity index (χ4v) is 3.15. The number of benzene rings is 3. The van der Waals surface area contributed by atoms with Crippen molar-refractivity contribution in [3.05, 3.63) is 82.9 Å². The Morgan fingerprint density at radius 3 is 1.85 bits per heavy atom. The summed E-state index contributed by atoms with van der Waals surface area (Å²) in [5.41, 5.74) is 6.80. The predicted octanol–water partition coefficient (Wildman–Crippen LogP) is 3.35. The van der Waals surface area contributed by atoms with Gasteiger partial charge >= 0.3 is 0 Å². The summed E-state index contributed by atoms with van der Waals surface area (Å²) in [6, 6.07) is 16.3. The minimum absolute atomic E-state index is 0.160. The molecule has 0 aliphatic heterocycles. The topological polar surface area (TPSA) is 115 Å². The van der Waals surface area contributed by atoms with Gasteiger partial charge in [0.05, 0.1) is 32.6 Å². The van der Waals surface area contributed by atoms with E-state index in [-0.39, 0.29) is 16.8 Å². The summed E-state index contributed by atoms with van der Waals surface area (Å²) < 4.78 is 15.9. The van der Waals surface area contributed by atoms with Gasteiger partial charge in [0.15, 0.2) is 11.5 Å². The Bertz CT molecular complexity index is 1180. The molecule has 0 unspecified atom stereocenters. The highest BCUT2D eigenvalue weighted by Crippen LogP contribution is 2.38. The molecule has 0 radical (unpaired) electrons. The van der Waals surface area contributed by atoms with Gasteiger partial charge in [-0.1, -0.05) is 29.8 Å². The van der Waals surface area contributed by atoms with Gasteiger partial charge in [-0.25, -0.2) is 0 Å². The Morgan fingerprint density at radius 1 is 0.676 bits per heavy atom. The van der Waals surface area contributed by atoms with Crippen molar-refractivity contribution < 1.29 is 28.6 Å². The van der Waals surface area contributed by atoms with Crippen LogP contribution in [0.25, 0.3) is 0 Å². The molecule has 3 N–H and O–H groups in total. The molecule has 0 bridgehead atoms. The van der Waals surface area contributed by atoms with Gasteiger partial charge < -0.3 is 19.5 Å². The molecule has 0 fully saturated rings. The summed E-state index contributed by atoms with van der Waals surface area (Å²) in [6.07, 6.45) is 0. The summed E-state index contributed by atoms with van der Waals surface area (Å²) in [4.78, 5) is 37.9. The normalized spacial score (nSPS) is 10.1. The van der Waals surface area contributed by atoms with E-state index in [0.29, 0.717) is 22.8 Å². The number of hydrogen-bond acceptors (Lipinski definition) is 6. The molecule has 3 aromatic carbocycles. The van der Waals surface area contributed by atoms with E-state index in [1.54, 1.807) is 42.5 Å². The van der Waals surface area contributed by atoms with Crippen molar-refractivity contribution in [2.45, 2.75) is 6.92 Å². The van der Waals surface area contributed by atoms with E-state index in [2.05, 4.69) is 16.2 Å². The van der Waals surface area contributed by atoms with Gasteiger partial charge in [0, 0.05) is 11.1 Å². The van der Waals surface area contributed by atoms with E-state index >= 15 is 0 Å². The summed E-state index contributed by atoms with van der Waals surface area (Å²) >= 11 is 0. The largest absolute Gasteiger partial charge is 0.493 e. The maximum Gasteiger partial charge on any atom is 0.271 e. The fourth-order valence-electron chi connectivity index (χ4n) is 3.15. The smallest absolute Gasteiger partial charge is 0.271 e. The Balaban J connectivity index is 1.76. The van der Waals surface area contributed by atoms with Crippen molar-refractivity contribution in [2.24, 2.45) is 0 Å². The molecule has 0 aromatic heterocycles. The number of amides is 3. The van der Waals surface area contributed by atoms with Gasteiger partial charge in [0.1, 0.15) is 0 Å². The van der Waals surface area contributed by atoms with Crippen LogP contribution in [0.2, 0.25) is 0 Å². The van der Waals surface area contributed by atoms with Crippen LogP contribution in [0.3, 0.4) is 0 Å². The molecule has 9 nitrogen and oxygen atoms in total. The number of hydrogen-bond donors (Lipinski definition) is 3. The second-order valence-corrected chi connectivity index (χ2v) is 7.19. The zero-order valence-corrected chi connectivity index (χ0v) is 19.2. The van der Waals surface area contributed by atoms with Gasteiger partial charge in [-0.15, -0.1) is 0 Å². The van der Waals surface area contributed by atoms with Crippen molar-refractivity contribution in [1.29, 1.82) is 0 Å². The number of nitrogens with one attached hydrogen (secondary N) is 3. The molecule has 34 heavy (non-hydrogen) atoms. The first-order valence-electron chi connectivity index (χ1n) is 10.3. The quantitative estimate of drug-likeness (QED) is 0.463. The minimum atomic E-state index is -0.596. The maximum atomic E-state index is 12.9. The lowest BCUT2D eigenvalue weighted by molar-refractivity contribution is 0.0847. The van der Waals surface area contributed by atoms with Crippen LogP contribution in [0, 0.1) is 6.92 Å². The van der Waals surface area contributed by atoms with Crippen molar-refractivity contribution in [2.75, 3.05) is 26.6 Å². The SMILES string of the molecule is COc1cc(C(=O)Nc2ccccc2C(=O)NNC(=O)c2ccc(C)cc2)cc(OC)c1OC. The molecule has 0 saturated carbocycles. The van der Waals surface area contributed by atoms with Crippen LogP contribution in [0.1, 0.15) is 36.6 Å². The highest BCUT2D eigenvalue weighted by Gasteiger charge is 2.19. The average molecular weight is 463 g/mol. The number of hydrazine groups is 1. The molecule has 0 aliphatic rings. The van der Waals surface area contributed by atoms with Gasteiger partial charge in [-0.2, -0.15) is 0 Å². The summed E-state index contributed by atoms with van der Waals surface area (Å²) in [5, 5.41) is 2.71. The minimum Gasteiger partial charge on any atom is -0.493 e. The van der Waals surface area contributed by atoms with E-state index in [9.17, 15) is 14.4 Å². The second kappa shape index (κ2) is 10.9. The van der Waals surface area contributed by atoms with E-state index in [1.165, 1.54) is 39.5 Å². The average Bonchev–Trinajstić information content (AvgIpc) is 2.86. The Morgan fingerprint density at radius 2 is 1.26 bits per heavy atom. The number of ether oxygens (including phenoxy) is 3. The molecule has 3 rings (SSSR count). The number of aryl methyl sites for hydroxylation is 1. The first-order valence-corrected chi connectivity index (χ1v) is 10.3. The number of anilines is 1. The molecular weight excluding hydrogens is 438 g/mol. The molecule has 0 saturated heterocycles. The number of carbonyl (C=O) groups excluding carboxylic acids is 3. The third-order valence-electron chi connectivity index (χ3n) is 4.95. The Labute approximate surface area is 197 Å². The summed E-state index contributed by atoms with van der Waals surface area (Å²) in [7, 11) is 4.36. The lowest BCUT2D eigenvalue weighted by atomic mass is 10.1. The standard InChI is InChI=1S/C25H25N3O6/c1-15-9-11-16(12-10-15)24(30)27-28-25(31)18-7-5-6-8-19(18)26-23(29)17-13-20(32-2)22(34-4)21(14-17)33-3/h5-14H,1-4H3,(H,26,29)(H,27,30)(H,28,31). The van der Waals surface area contributed by atoms with Crippen molar-refractivity contribution >= 4 is 23.4 Å². The van der Waals surface area contributed by atoms with Gasteiger partial charge in [-0.05, 0) is 43.3 Å². The van der Waals surface area contributed by atoms with E-state index in [4.69, 9.17) is 14.2 Å². The Kier molecular flexibility index (Phi) is 7.71. The first-order chi connectivity index (χ1) is 16.4. The molecular formula is C25H25N3O6. The van der Waals surface area contributed by atoms with E-state index < -0.39 is 17.7 Å². The lowest BCUT2D eigenvalue weighted by Crippen LogP contribution is -2.41. The second-order valence-electron chi connectivity index (χ2n) is 7.19. The molecule has 0 spiro atoms. The number of carbonyl (C=O) groups is 3. The van der Waals surface area contributed by atoms with Crippen LogP contribution in [0.5, 0.6) is 17.2 Å². The van der Waals surface area contributed by atoms with Crippen LogP contribution in [0.15, 0.2) is 60.7 Å². The molecule has 3 aromatic rings. The molecule has 9 heteroatoms. The highest BCUT2D eigenvalue weighted by molar-refractivity contribution is 6.09. The van der Waals surface area contributed by atoms with E-state index in [1.807, 2.05) is 6.92 Å². The zero-order chi connectivity index (χ0) is 24.7. The van der Waals surface area contributed by atoms with Crippen LogP contribution < -0.4 is 30.4 Å². The molecule has 3 amide bonds. The molecule has 176 valence electrons.